The fourth-order valence-electron chi connectivity index (χ4n) is 2.50. The molecule has 0 radical (unpaired) electrons. The van der Waals surface area contributed by atoms with Crippen LogP contribution in [0, 0.1) is 0 Å². The van der Waals surface area contributed by atoms with Crippen molar-refractivity contribution in [3.05, 3.63) is 53.7 Å². The minimum Gasteiger partial charge on any atom is -0.473 e. The Labute approximate surface area is 145 Å². The number of anilines is 1. The molecule has 1 saturated heterocycles. The number of nitrogens with zero attached hydrogens (tertiary/aromatic N) is 1. The first kappa shape index (κ1) is 16.8. The van der Waals surface area contributed by atoms with Gasteiger partial charge in [-0.3, -0.25) is 4.79 Å². The van der Waals surface area contributed by atoms with Crippen molar-refractivity contribution in [2.75, 3.05) is 23.4 Å². The molecule has 0 bridgehead atoms. The van der Waals surface area contributed by atoms with E-state index in [4.69, 9.17) is 9.84 Å². The van der Waals surface area contributed by atoms with Gasteiger partial charge in [0.1, 0.15) is 11.7 Å². The van der Waals surface area contributed by atoms with Crippen LogP contribution in [-0.2, 0) is 6.42 Å². The van der Waals surface area contributed by atoms with Gasteiger partial charge >= 0.3 is 0 Å². The molecule has 1 aliphatic heterocycles. The molecule has 0 spiro atoms. The largest absolute Gasteiger partial charge is 0.473 e. The van der Waals surface area contributed by atoms with Crippen molar-refractivity contribution in [2.24, 2.45) is 0 Å². The lowest BCUT2D eigenvalue weighted by atomic mass is 10.1. The molecular formula is C18H20N2O3S. The highest BCUT2D eigenvalue weighted by atomic mass is 32.2. The Morgan fingerprint density at radius 3 is 2.88 bits per heavy atom. The van der Waals surface area contributed by atoms with Gasteiger partial charge in [0, 0.05) is 24.2 Å². The van der Waals surface area contributed by atoms with Gasteiger partial charge in [-0.05, 0) is 48.4 Å². The number of carbonyl (C=O) groups is 1. The number of aliphatic hydroxyl groups excluding tert-OH is 1. The number of aromatic nitrogens is 1. The number of benzene rings is 1. The monoisotopic (exact) mass is 344 g/mol. The Balaban J connectivity index is 1.70. The van der Waals surface area contributed by atoms with Gasteiger partial charge in [-0.25, -0.2) is 4.98 Å². The van der Waals surface area contributed by atoms with Gasteiger partial charge in [0.25, 0.3) is 5.91 Å². The Bertz CT molecular complexity index is 685. The molecule has 1 aliphatic rings. The number of ether oxygens (including phenoxy) is 1. The number of nitrogens with one attached hydrogen (secondary N) is 1. The topological polar surface area (TPSA) is 71.5 Å². The molecule has 1 aromatic carbocycles. The molecule has 1 aromatic heterocycles. The summed E-state index contributed by atoms with van der Waals surface area (Å²) in [4.78, 5) is 16.8. The molecule has 126 valence electrons. The summed E-state index contributed by atoms with van der Waals surface area (Å²) in [5.41, 5.74) is 2.17. The van der Waals surface area contributed by atoms with E-state index in [1.807, 2.05) is 36.0 Å². The first-order chi connectivity index (χ1) is 11.8. The number of carbonyl (C=O) groups excluding carboxylic acids is 1. The van der Waals surface area contributed by atoms with Crippen LogP contribution in [0.25, 0.3) is 0 Å². The van der Waals surface area contributed by atoms with Crippen LogP contribution in [0.15, 0.2) is 42.6 Å². The second-order valence-corrected chi connectivity index (χ2v) is 6.73. The van der Waals surface area contributed by atoms with Crippen LogP contribution in [0.2, 0.25) is 0 Å². The average molecular weight is 344 g/mol. The highest BCUT2D eigenvalue weighted by Gasteiger charge is 2.21. The van der Waals surface area contributed by atoms with Crippen LogP contribution in [-0.4, -0.2) is 40.2 Å². The molecule has 0 saturated carbocycles. The normalized spacial score (nSPS) is 16.8. The fraction of sp³-hybridized carbons (Fsp3) is 0.333. The van der Waals surface area contributed by atoms with Crippen LogP contribution < -0.4 is 10.1 Å². The standard InChI is InChI=1S/C18H20N2O3S/c21-10-7-13-3-5-14(6-4-13)20-17(22)16-2-1-9-19-18(16)23-15-8-11-24-12-15/h1-6,9,15,21H,7-8,10-12H2,(H,20,22). The van der Waals surface area contributed by atoms with E-state index < -0.39 is 0 Å². The van der Waals surface area contributed by atoms with Crippen molar-refractivity contribution in [2.45, 2.75) is 18.9 Å². The highest BCUT2D eigenvalue weighted by molar-refractivity contribution is 7.99. The van der Waals surface area contributed by atoms with Gasteiger partial charge < -0.3 is 15.2 Å². The van der Waals surface area contributed by atoms with E-state index in [1.54, 1.807) is 18.3 Å². The van der Waals surface area contributed by atoms with Gasteiger partial charge in [0.2, 0.25) is 5.88 Å². The summed E-state index contributed by atoms with van der Waals surface area (Å²) in [6, 6.07) is 10.9. The zero-order chi connectivity index (χ0) is 16.8. The molecule has 1 fully saturated rings. The predicted octanol–water partition coefficient (Wildman–Crippen LogP) is 2.75. The van der Waals surface area contributed by atoms with E-state index in [0.29, 0.717) is 23.6 Å². The summed E-state index contributed by atoms with van der Waals surface area (Å²) in [5.74, 6) is 2.17. The summed E-state index contributed by atoms with van der Waals surface area (Å²) < 4.78 is 5.90. The molecule has 2 aromatic rings. The van der Waals surface area contributed by atoms with Crippen LogP contribution in [0.1, 0.15) is 22.3 Å². The summed E-state index contributed by atoms with van der Waals surface area (Å²) >= 11 is 1.85. The highest BCUT2D eigenvalue weighted by Crippen LogP contribution is 2.24. The van der Waals surface area contributed by atoms with Crippen LogP contribution in [0.4, 0.5) is 5.69 Å². The van der Waals surface area contributed by atoms with Crippen molar-refractivity contribution in [3.63, 3.8) is 0 Å². The maximum Gasteiger partial charge on any atom is 0.261 e. The number of hydrogen-bond acceptors (Lipinski definition) is 5. The van der Waals surface area contributed by atoms with Gasteiger partial charge in [0.05, 0.1) is 0 Å². The van der Waals surface area contributed by atoms with Crippen LogP contribution >= 0.6 is 11.8 Å². The minimum atomic E-state index is -0.237. The molecule has 24 heavy (non-hydrogen) atoms. The summed E-state index contributed by atoms with van der Waals surface area (Å²) in [6.07, 6.45) is 3.34. The van der Waals surface area contributed by atoms with Crippen LogP contribution in [0.3, 0.4) is 0 Å². The van der Waals surface area contributed by atoms with Crippen molar-refractivity contribution >= 4 is 23.4 Å². The van der Waals surface area contributed by atoms with E-state index >= 15 is 0 Å². The number of amides is 1. The average Bonchev–Trinajstić information content (AvgIpc) is 3.10. The third kappa shape index (κ3) is 4.27. The van der Waals surface area contributed by atoms with Crippen molar-refractivity contribution in [3.8, 4) is 5.88 Å². The molecule has 0 aliphatic carbocycles. The number of aliphatic hydroxyl groups is 1. The van der Waals surface area contributed by atoms with E-state index in [0.717, 1.165) is 23.5 Å². The Kier molecular flexibility index (Phi) is 5.72. The Morgan fingerprint density at radius 2 is 2.17 bits per heavy atom. The number of pyridine rings is 1. The van der Waals surface area contributed by atoms with Gasteiger partial charge in [-0.15, -0.1) is 0 Å². The van der Waals surface area contributed by atoms with Gasteiger partial charge in [-0.1, -0.05) is 12.1 Å². The van der Waals surface area contributed by atoms with Crippen molar-refractivity contribution in [1.82, 2.24) is 4.98 Å². The second-order valence-electron chi connectivity index (χ2n) is 5.58. The lowest BCUT2D eigenvalue weighted by molar-refractivity contribution is 0.101. The molecule has 5 nitrogen and oxygen atoms in total. The number of rotatable bonds is 6. The molecule has 1 amide bonds. The molecule has 3 rings (SSSR count). The van der Waals surface area contributed by atoms with Crippen molar-refractivity contribution < 1.29 is 14.6 Å². The molecular weight excluding hydrogens is 324 g/mol. The second kappa shape index (κ2) is 8.17. The lowest BCUT2D eigenvalue weighted by Gasteiger charge is -2.14. The molecule has 2 heterocycles. The Morgan fingerprint density at radius 1 is 1.33 bits per heavy atom. The predicted molar refractivity (Wildman–Crippen MR) is 95.8 cm³/mol. The van der Waals surface area contributed by atoms with E-state index in [-0.39, 0.29) is 18.6 Å². The van der Waals surface area contributed by atoms with E-state index in [9.17, 15) is 4.79 Å². The first-order valence-electron chi connectivity index (χ1n) is 7.97. The van der Waals surface area contributed by atoms with Gasteiger partial charge in [0.15, 0.2) is 0 Å². The molecule has 1 unspecified atom stereocenters. The fourth-order valence-corrected chi connectivity index (χ4v) is 3.60. The summed E-state index contributed by atoms with van der Waals surface area (Å²) in [6.45, 7) is 0.113. The van der Waals surface area contributed by atoms with E-state index in [2.05, 4.69) is 10.3 Å². The lowest BCUT2D eigenvalue weighted by Crippen LogP contribution is -2.20. The first-order valence-corrected chi connectivity index (χ1v) is 9.12. The SMILES string of the molecule is O=C(Nc1ccc(CCO)cc1)c1cccnc1OC1CCSC1. The summed E-state index contributed by atoms with van der Waals surface area (Å²) in [5, 5.41) is 11.8. The van der Waals surface area contributed by atoms with Crippen LogP contribution in [0.5, 0.6) is 5.88 Å². The smallest absolute Gasteiger partial charge is 0.261 e. The minimum absolute atomic E-state index is 0.113. The van der Waals surface area contributed by atoms with Crippen molar-refractivity contribution in [1.29, 1.82) is 0 Å². The maximum absolute atomic E-state index is 12.5. The molecule has 2 N–H and O–H groups in total. The summed E-state index contributed by atoms with van der Waals surface area (Å²) in [7, 11) is 0. The molecule has 6 heteroatoms. The zero-order valence-corrected chi connectivity index (χ0v) is 14.1. The van der Waals surface area contributed by atoms with E-state index in [1.165, 1.54) is 0 Å². The molecule has 1 atom stereocenters. The quantitative estimate of drug-likeness (QED) is 0.843. The zero-order valence-electron chi connectivity index (χ0n) is 13.3. The maximum atomic E-state index is 12.5. The Hall–Kier alpha value is -2.05. The number of thioether (sulfide) groups is 1. The van der Waals surface area contributed by atoms with Gasteiger partial charge in [-0.2, -0.15) is 11.8 Å². The third-order valence-corrected chi connectivity index (χ3v) is 4.93. The number of hydrogen-bond donors (Lipinski definition) is 2. The third-order valence-electron chi connectivity index (χ3n) is 3.79.